The lowest BCUT2D eigenvalue weighted by Crippen LogP contribution is -2.16. The SMILES string of the molecule is c1ccc(Cn2cc(CNCC3CC3)nn2)cc1. The van der Waals surface area contributed by atoms with Gasteiger partial charge in [0.15, 0.2) is 0 Å². The molecule has 1 heterocycles. The average Bonchev–Trinajstić information content (AvgIpc) is 3.11. The monoisotopic (exact) mass is 242 g/mol. The molecule has 0 radical (unpaired) electrons. The fourth-order valence-electron chi connectivity index (χ4n) is 1.99. The van der Waals surface area contributed by atoms with Crippen LogP contribution in [0, 0.1) is 5.92 Å². The van der Waals surface area contributed by atoms with Crippen molar-refractivity contribution in [3.05, 3.63) is 47.8 Å². The molecule has 0 spiro atoms. The molecule has 1 aliphatic rings. The van der Waals surface area contributed by atoms with Crippen molar-refractivity contribution >= 4 is 0 Å². The minimum absolute atomic E-state index is 0.788. The summed E-state index contributed by atoms with van der Waals surface area (Å²) in [6, 6.07) is 10.3. The molecule has 1 aliphatic carbocycles. The van der Waals surface area contributed by atoms with Crippen molar-refractivity contribution in [1.29, 1.82) is 0 Å². The third-order valence-electron chi connectivity index (χ3n) is 3.21. The van der Waals surface area contributed by atoms with E-state index in [0.29, 0.717) is 0 Å². The molecule has 0 unspecified atom stereocenters. The number of rotatable bonds is 6. The smallest absolute Gasteiger partial charge is 0.0964 e. The lowest BCUT2D eigenvalue weighted by atomic mass is 10.2. The molecule has 1 N–H and O–H groups in total. The van der Waals surface area contributed by atoms with Gasteiger partial charge in [-0.15, -0.1) is 5.10 Å². The van der Waals surface area contributed by atoms with Gasteiger partial charge in [0.2, 0.25) is 0 Å². The molecule has 0 amide bonds. The van der Waals surface area contributed by atoms with Crippen LogP contribution in [0.4, 0.5) is 0 Å². The fourth-order valence-corrected chi connectivity index (χ4v) is 1.99. The Balaban J connectivity index is 1.52. The van der Waals surface area contributed by atoms with Crippen molar-refractivity contribution < 1.29 is 0 Å². The maximum absolute atomic E-state index is 4.18. The van der Waals surface area contributed by atoms with Crippen LogP contribution in [0.25, 0.3) is 0 Å². The standard InChI is InChI=1S/C14H18N4/c1-2-4-13(5-3-1)10-18-11-14(16-17-18)9-15-8-12-6-7-12/h1-5,11-12,15H,6-10H2. The highest BCUT2D eigenvalue weighted by atomic mass is 15.4. The molecule has 2 aromatic rings. The van der Waals surface area contributed by atoms with Gasteiger partial charge < -0.3 is 5.32 Å². The highest BCUT2D eigenvalue weighted by Gasteiger charge is 2.20. The van der Waals surface area contributed by atoms with Crippen molar-refractivity contribution in [1.82, 2.24) is 20.3 Å². The minimum atomic E-state index is 0.788. The van der Waals surface area contributed by atoms with Gasteiger partial charge in [-0.3, -0.25) is 0 Å². The Morgan fingerprint density at radius 3 is 2.83 bits per heavy atom. The van der Waals surface area contributed by atoms with Crippen LogP contribution in [-0.2, 0) is 13.1 Å². The Kier molecular flexibility index (Phi) is 3.37. The quantitative estimate of drug-likeness (QED) is 0.840. The van der Waals surface area contributed by atoms with Crippen LogP contribution in [0.2, 0.25) is 0 Å². The lowest BCUT2D eigenvalue weighted by molar-refractivity contribution is 0.627. The number of nitrogens with one attached hydrogen (secondary N) is 1. The first-order valence-electron chi connectivity index (χ1n) is 6.54. The van der Waals surface area contributed by atoms with E-state index in [1.807, 2.05) is 29.1 Å². The Bertz CT molecular complexity index is 488. The highest BCUT2D eigenvalue weighted by Crippen LogP contribution is 2.27. The zero-order valence-corrected chi connectivity index (χ0v) is 10.4. The molecule has 18 heavy (non-hydrogen) atoms. The molecule has 3 rings (SSSR count). The highest BCUT2D eigenvalue weighted by molar-refractivity contribution is 5.14. The van der Waals surface area contributed by atoms with Crippen LogP contribution in [0.15, 0.2) is 36.5 Å². The zero-order chi connectivity index (χ0) is 12.2. The van der Waals surface area contributed by atoms with Gasteiger partial charge in [0, 0.05) is 6.54 Å². The summed E-state index contributed by atoms with van der Waals surface area (Å²) in [7, 11) is 0. The van der Waals surface area contributed by atoms with E-state index in [9.17, 15) is 0 Å². The number of benzene rings is 1. The van der Waals surface area contributed by atoms with Gasteiger partial charge in [-0.2, -0.15) is 0 Å². The van der Waals surface area contributed by atoms with E-state index in [-0.39, 0.29) is 0 Å². The molecule has 1 fully saturated rings. The molecule has 1 aromatic heterocycles. The second-order valence-electron chi connectivity index (χ2n) is 4.97. The van der Waals surface area contributed by atoms with E-state index in [2.05, 4.69) is 27.8 Å². The number of nitrogens with zero attached hydrogens (tertiary/aromatic N) is 3. The number of hydrogen-bond acceptors (Lipinski definition) is 3. The summed E-state index contributed by atoms with van der Waals surface area (Å²) in [6.07, 6.45) is 4.79. The Hall–Kier alpha value is -1.68. The third-order valence-corrected chi connectivity index (χ3v) is 3.21. The second kappa shape index (κ2) is 5.31. The maximum atomic E-state index is 4.18. The first-order chi connectivity index (χ1) is 8.90. The molecule has 4 nitrogen and oxygen atoms in total. The van der Waals surface area contributed by atoms with E-state index in [0.717, 1.165) is 31.2 Å². The molecule has 0 bridgehead atoms. The molecule has 4 heteroatoms. The van der Waals surface area contributed by atoms with E-state index in [4.69, 9.17) is 0 Å². The van der Waals surface area contributed by atoms with Gasteiger partial charge in [-0.1, -0.05) is 35.5 Å². The van der Waals surface area contributed by atoms with E-state index in [1.165, 1.54) is 18.4 Å². The summed E-state index contributed by atoms with van der Waals surface area (Å²) in [6.45, 7) is 2.73. The Morgan fingerprint density at radius 2 is 2.06 bits per heavy atom. The van der Waals surface area contributed by atoms with Crippen molar-refractivity contribution in [2.24, 2.45) is 5.92 Å². The van der Waals surface area contributed by atoms with Crippen LogP contribution < -0.4 is 5.32 Å². The Labute approximate surface area is 107 Å². The van der Waals surface area contributed by atoms with E-state index in [1.54, 1.807) is 0 Å². The third kappa shape index (κ3) is 3.17. The van der Waals surface area contributed by atoms with E-state index < -0.39 is 0 Å². The van der Waals surface area contributed by atoms with Crippen molar-refractivity contribution in [2.75, 3.05) is 6.54 Å². The van der Waals surface area contributed by atoms with Crippen LogP contribution >= 0.6 is 0 Å². The van der Waals surface area contributed by atoms with Gasteiger partial charge in [0.25, 0.3) is 0 Å². The van der Waals surface area contributed by atoms with Crippen molar-refractivity contribution in [3.8, 4) is 0 Å². The molecule has 1 saturated carbocycles. The topological polar surface area (TPSA) is 42.7 Å². The zero-order valence-electron chi connectivity index (χ0n) is 10.4. The number of aromatic nitrogens is 3. The summed E-state index contributed by atoms with van der Waals surface area (Å²) in [5.74, 6) is 0.907. The largest absolute Gasteiger partial charge is 0.311 e. The predicted molar refractivity (Wildman–Crippen MR) is 70.0 cm³/mol. The average molecular weight is 242 g/mol. The van der Waals surface area contributed by atoms with Crippen molar-refractivity contribution in [2.45, 2.75) is 25.9 Å². The molecule has 0 aliphatic heterocycles. The Morgan fingerprint density at radius 1 is 1.22 bits per heavy atom. The molecular formula is C14H18N4. The van der Waals surface area contributed by atoms with Crippen LogP contribution in [0.1, 0.15) is 24.1 Å². The lowest BCUT2D eigenvalue weighted by Gasteiger charge is -2.00. The van der Waals surface area contributed by atoms with Gasteiger partial charge in [0.1, 0.15) is 0 Å². The van der Waals surface area contributed by atoms with E-state index >= 15 is 0 Å². The molecule has 0 saturated heterocycles. The van der Waals surface area contributed by atoms with Gasteiger partial charge in [-0.25, -0.2) is 4.68 Å². The summed E-state index contributed by atoms with van der Waals surface area (Å²) in [5.41, 5.74) is 2.27. The van der Waals surface area contributed by atoms with Gasteiger partial charge in [-0.05, 0) is 30.9 Å². The molecule has 94 valence electrons. The maximum Gasteiger partial charge on any atom is 0.0964 e. The summed E-state index contributed by atoms with van der Waals surface area (Å²) >= 11 is 0. The van der Waals surface area contributed by atoms with Crippen molar-refractivity contribution in [3.63, 3.8) is 0 Å². The predicted octanol–water partition coefficient (Wildman–Crippen LogP) is 1.83. The molecular weight excluding hydrogens is 224 g/mol. The second-order valence-corrected chi connectivity index (χ2v) is 4.97. The van der Waals surface area contributed by atoms with Crippen LogP contribution in [-0.4, -0.2) is 21.5 Å². The van der Waals surface area contributed by atoms with Crippen LogP contribution in [0.5, 0.6) is 0 Å². The first-order valence-corrected chi connectivity index (χ1v) is 6.54. The van der Waals surface area contributed by atoms with Gasteiger partial charge >= 0.3 is 0 Å². The van der Waals surface area contributed by atoms with Crippen LogP contribution in [0.3, 0.4) is 0 Å². The number of hydrogen-bond donors (Lipinski definition) is 1. The molecule has 1 aromatic carbocycles. The fraction of sp³-hybridized carbons (Fsp3) is 0.429. The van der Waals surface area contributed by atoms with Gasteiger partial charge in [0.05, 0.1) is 18.4 Å². The summed E-state index contributed by atoms with van der Waals surface area (Å²) in [4.78, 5) is 0. The summed E-state index contributed by atoms with van der Waals surface area (Å²) < 4.78 is 1.89. The molecule has 0 atom stereocenters. The summed E-state index contributed by atoms with van der Waals surface area (Å²) in [5, 5.41) is 11.8. The normalized spacial score (nSPS) is 14.9. The minimum Gasteiger partial charge on any atom is -0.311 e. The first kappa shape index (κ1) is 11.4.